The molecule has 0 saturated carbocycles. The number of aliphatic hydroxyl groups is 1. The second-order valence-electron chi connectivity index (χ2n) is 4.95. The Labute approximate surface area is 120 Å². The Balaban J connectivity index is 2.23. The first kappa shape index (κ1) is 16.6. The molecule has 6 nitrogen and oxygen atoms in total. The van der Waals surface area contributed by atoms with Crippen molar-refractivity contribution in [2.24, 2.45) is 0 Å². The summed E-state index contributed by atoms with van der Waals surface area (Å²) in [6, 6.07) is 0. The number of carbonyl (C=O) groups is 1. The Morgan fingerprint density at radius 1 is 1.30 bits per heavy atom. The fourth-order valence-corrected chi connectivity index (χ4v) is 1.88. The molecule has 0 fully saturated rings. The van der Waals surface area contributed by atoms with Gasteiger partial charge in [-0.25, -0.2) is 0 Å². The van der Waals surface area contributed by atoms with Crippen LogP contribution in [0.15, 0.2) is 4.52 Å². The zero-order chi connectivity index (χ0) is 14.8. The van der Waals surface area contributed by atoms with Crippen molar-refractivity contribution in [2.75, 3.05) is 20.2 Å². The molecule has 0 radical (unpaired) electrons. The van der Waals surface area contributed by atoms with E-state index in [1.165, 1.54) is 0 Å². The van der Waals surface area contributed by atoms with Gasteiger partial charge in [-0.2, -0.15) is 4.98 Å². The molecule has 0 spiro atoms. The van der Waals surface area contributed by atoms with E-state index in [0.717, 1.165) is 38.6 Å². The predicted octanol–water partition coefficient (Wildman–Crippen LogP) is 1.58. The van der Waals surface area contributed by atoms with Gasteiger partial charge in [0.1, 0.15) is 0 Å². The number of hydrogen-bond acceptors (Lipinski definition) is 5. The summed E-state index contributed by atoms with van der Waals surface area (Å²) in [5, 5.41) is 12.6. The summed E-state index contributed by atoms with van der Waals surface area (Å²) in [6.45, 7) is 3.00. The maximum atomic E-state index is 11.9. The summed E-state index contributed by atoms with van der Waals surface area (Å²) in [5.41, 5.74) is 0. The van der Waals surface area contributed by atoms with E-state index >= 15 is 0 Å². The van der Waals surface area contributed by atoms with Crippen molar-refractivity contribution in [1.82, 2.24) is 15.0 Å². The molecule has 6 heteroatoms. The molecule has 0 atom stereocenters. The van der Waals surface area contributed by atoms with Gasteiger partial charge in [0.2, 0.25) is 11.8 Å². The van der Waals surface area contributed by atoms with Crippen molar-refractivity contribution in [3.05, 3.63) is 11.7 Å². The highest BCUT2D eigenvalue weighted by molar-refractivity contribution is 5.75. The maximum absolute atomic E-state index is 11.9. The average Bonchev–Trinajstić information content (AvgIpc) is 2.89. The lowest BCUT2D eigenvalue weighted by Crippen LogP contribution is -2.28. The van der Waals surface area contributed by atoms with E-state index in [4.69, 9.17) is 9.63 Å². The summed E-state index contributed by atoms with van der Waals surface area (Å²) in [4.78, 5) is 17.9. The fourth-order valence-electron chi connectivity index (χ4n) is 1.88. The van der Waals surface area contributed by atoms with E-state index in [0.29, 0.717) is 24.6 Å². The third-order valence-electron chi connectivity index (χ3n) is 3.11. The van der Waals surface area contributed by atoms with Crippen LogP contribution in [0.3, 0.4) is 0 Å². The van der Waals surface area contributed by atoms with E-state index < -0.39 is 0 Å². The molecule has 0 unspecified atom stereocenters. The van der Waals surface area contributed by atoms with Crippen LogP contribution in [0.4, 0.5) is 0 Å². The molecule has 1 N–H and O–H groups in total. The van der Waals surface area contributed by atoms with Gasteiger partial charge in [0.15, 0.2) is 5.82 Å². The SMILES string of the molecule is CCCc1noc(CCC(=O)N(C)CCCCCO)n1. The van der Waals surface area contributed by atoms with Crippen molar-refractivity contribution >= 4 is 5.91 Å². The maximum Gasteiger partial charge on any atom is 0.227 e. The third kappa shape index (κ3) is 6.14. The zero-order valence-electron chi connectivity index (χ0n) is 12.5. The van der Waals surface area contributed by atoms with Crippen LogP contribution >= 0.6 is 0 Å². The Hall–Kier alpha value is -1.43. The molecule has 20 heavy (non-hydrogen) atoms. The molecule has 0 aromatic carbocycles. The highest BCUT2D eigenvalue weighted by Crippen LogP contribution is 2.05. The summed E-state index contributed by atoms with van der Waals surface area (Å²) in [5.74, 6) is 1.34. The number of carbonyl (C=O) groups excluding carboxylic acids is 1. The molecular formula is C14H25N3O3. The lowest BCUT2D eigenvalue weighted by molar-refractivity contribution is -0.130. The topological polar surface area (TPSA) is 79.5 Å². The van der Waals surface area contributed by atoms with E-state index in [1.807, 2.05) is 0 Å². The molecule has 0 aliphatic carbocycles. The molecule has 0 bridgehead atoms. The molecule has 1 amide bonds. The van der Waals surface area contributed by atoms with E-state index in [-0.39, 0.29) is 12.5 Å². The molecule has 114 valence electrons. The standard InChI is InChI=1S/C14H25N3O3/c1-3-7-12-15-13(20-16-12)8-9-14(19)17(2)10-5-4-6-11-18/h18H,3-11H2,1-2H3. The molecule has 1 aromatic rings. The molecule has 1 heterocycles. The fraction of sp³-hybridized carbons (Fsp3) is 0.786. The molecule has 1 rings (SSSR count). The highest BCUT2D eigenvalue weighted by atomic mass is 16.5. The van der Waals surface area contributed by atoms with E-state index in [2.05, 4.69) is 17.1 Å². The monoisotopic (exact) mass is 283 g/mol. The summed E-state index contributed by atoms with van der Waals surface area (Å²) >= 11 is 0. The lowest BCUT2D eigenvalue weighted by atomic mass is 10.2. The zero-order valence-corrected chi connectivity index (χ0v) is 12.5. The van der Waals surface area contributed by atoms with Crippen LogP contribution in [0.2, 0.25) is 0 Å². The first-order valence-electron chi connectivity index (χ1n) is 7.33. The van der Waals surface area contributed by atoms with Crippen LogP contribution in [0.5, 0.6) is 0 Å². The number of aryl methyl sites for hydroxylation is 2. The Bertz CT molecular complexity index is 393. The Morgan fingerprint density at radius 3 is 2.80 bits per heavy atom. The van der Waals surface area contributed by atoms with Crippen molar-refractivity contribution < 1.29 is 14.4 Å². The summed E-state index contributed by atoms with van der Waals surface area (Å²) in [6.07, 6.45) is 5.34. The number of nitrogens with zero attached hydrogens (tertiary/aromatic N) is 3. The molecule has 0 aliphatic rings. The molecular weight excluding hydrogens is 258 g/mol. The largest absolute Gasteiger partial charge is 0.396 e. The van der Waals surface area contributed by atoms with E-state index in [1.54, 1.807) is 11.9 Å². The second-order valence-corrected chi connectivity index (χ2v) is 4.95. The van der Waals surface area contributed by atoms with Crippen LogP contribution in [0.1, 0.15) is 50.7 Å². The minimum absolute atomic E-state index is 0.0873. The predicted molar refractivity (Wildman–Crippen MR) is 75.2 cm³/mol. The molecule has 0 aliphatic heterocycles. The third-order valence-corrected chi connectivity index (χ3v) is 3.11. The van der Waals surface area contributed by atoms with Crippen LogP contribution in [-0.2, 0) is 17.6 Å². The highest BCUT2D eigenvalue weighted by Gasteiger charge is 2.12. The van der Waals surface area contributed by atoms with Crippen LogP contribution < -0.4 is 0 Å². The lowest BCUT2D eigenvalue weighted by Gasteiger charge is -2.16. The van der Waals surface area contributed by atoms with Crippen LogP contribution in [-0.4, -0.2) is 46.3 Å². The van der Waals surface area contributed by atoms with Gasteiger partial charge in [-0.1, -0.05) is 12.1 Å². The van der Waals surface area contributed by atoms with Gasteiger partial charge in [-0.05, 0) is 25.7 Å². The molecule has 0 saturated heterocycles. The quantitative estimate of drug-likeness (QED) is 0.659. The normalized spacial score (nSPS) is 10.8. The average molecular weight is 283 g/mol. The number of hydrogen-bond donors (Lipinski definition) is 1. The first-order valence-corrected chi connectivity index (χ1v) is 7.33. The Kier molecular flexibility index (Phi) is 7.87. The number of aromatic nitrogens is 2. The summed E-state index contributed by atoms with van der Waals surface area (Å²) < 4.78 is 5.10. The van der Waals surface area contributed by atoms with Crippen molar-refractivity contribution in [3.8, 4) is 0 Å². The minimum Gasteiger partial charge on any atom is -0.396 e. The van der Waals surface area contributed by atoms with Gasteiger partial charge in [0.05, 0.1) is 0 Å². The first-order chi connectivity index (χ1) is 9.67. The van der Waals surface area contributed by atoms with Gasteiger partial charge in [-0.3, -0.25) is 4.79 Å². The molecule has 1 aromatic heterocycles. The number of amides is 1. The van der Waals surface area contributed by atoms with Crippen LogP contribution in [0.25, 0.3) is 0 Å². The number of rotatable bonds is 10. The number of unbranched alkanes of at least 4 members (excludes halogenated alkanes) is 2. The number of aliphatic hydroxyl groups excluding tert-OH is 1. The van der Waals surface area contributed by atoms with Gasteiger partial charge in [-0.15, -0.1) is 0 Å². The van der Waals surface area contributed by atoms with Crippen molar-refractivity contribution in [2.45, 2.75) is 51.9 Å². The second kappa shape index (κ2) is 9.47. The smallest absolute Gasteiger partial charge is 0.227 e. The van der Waals surface area contributed by atoms with Gasteiger partial charge >= 0.3 is 0 Å². The Morgan fingerprint density at radius 2 is 2.10 bits per heavy atom. The minimum atomic E-state index is 0.0873. The van der Waals surface area contributed by atoms with Crippen LogP contribution in [0, 0.1) is 0 Å². The van der Waals surface area contributed by atoms with Crippen molar-refractivity contribution in [1.29, 1.82) is 0 Å². The van der Waals surface area contributed by atoms with Crippen molar-refractivity contribution in [3.63, 3.8) is 0 Å². The van der Waals surface area contributed by atoms with Gasteiger partial charge < -0.3 is 14.5 Å². The van der Waals surface area contributed by atoms with E-state index in [9.17, 15) is 4.79 Å². The van der Waals surface area contributed by atoms with Gasteiger partial charge in [0, 0.05) is 39.5 Å². The van der Waals surface area contributed by atoms with Gasteiger partial charge in [0.25, 0.3) is 0 Å². The summed E-state index contributed by atoms with van der Waals surface area (Å²) in [7, 11) is 1.80.